The minimum Gasteiger partial charge on any atom is -0.293 e. The molecule has 4 heteroatoms. The monoisotopic (exact) mass is 272 g/mol. The highest BCUT2D eigenvalue weighted by Crippen LogP contribution is 2.28. The van der Waals surface area contributed by atoms with Gasteiger partial charge in [-0.2, -0.15) is 11.8 Å². The average Bonchev–Trinajstić information content (AvgIpc) is 2.33. The van der Waals surface area contributed by atoms with Crippen molar-refractivity contribution >= 4 is 40.9 Å². The summed E-state index contributed by atoms with van der Waals surface area (Å²) in [5, 5.41) is 0.789. The van der Waals surface area contributed by atoms with Crippen LogP contribution in [-0.4, -0.2) is 28.3 Å². The molecule has 0 bridgehead atoms. The maximum atomic E-state index is 12.2. The third-order valence-electron chi connectivity index (χ3n) is 2.56. The molecule has 16 heavy (non-hydrogen) atoms. The van der Waals surface area contributed by atoms with Crippen LogP contribution in [0, 0.1) is 6.92 Å². The summed E-state index contributed by atoms with van der Waals surface area (Å²) in [6, 6.07) is 5.58. The van der Waals surface area contributed by atoms with Gasteiger partial charge in [0.05, 0.1) is 5.25 Å². The largest absolute Gasteiger partial charge is 0.293 e. The number of halogens is 1. The van der Waals surface area contributed by atoms with E-state index in [1.165, 1.54) is 0 Å². The minimum absolute atomic E-state index is 0.109. The summed E-state index contributed by atoms with van der Waals surface area (Å²) in [5.74, 6) is 3.37. The minimum atomic E-state index is 0.109. The molecule has 1 saturated heterocycles. The highest BCUT2D eigenvalue weighted by Gasteiger charge is 2.23. The van der Waals surface area contributed by atoms with Crippen LogP contribution in [0.2, 0.25) is 5.02 Å². The molecule has 1 atom stereocenters. The highest BCUT2D eigenvalue weighted by atomic mass is 35.5. The van der Waals surface area contributed by atoms with Gasteiger partial charge >= 0.3 is 0 Å². The van der Waals surface area contributed by atoms with E-state index in [1.807, 2.05) is 30.8 Å². The van der Waals surface area contributed by atoms with E-state index >= 15 is 0 Å². The second-order valence-corrected chi connectivity index (χ2v) is 6.63. The Kier molecular flexibility index (Phi) is 4.22. The summed E-state index contributed by atoms with van der Waals surface area (Å²) in [6.45, 7) is 1.95. The summed E-state index contributed by atoms with van der Waals surface area (Å²) < 4.78 is 0. The van der Waals surface area contributed by atoms with E-state index < -0.39 is 0 Å². The SMILES string of the molecule is Cc1ccc(C(=O)C2CSCCS2)cc1Cl. The quantitative estimate of drug-likeness (QED) is 0.765. The highest BCUT2D eigenvalue weighted by molar-refractivity contribution is 8.07. The molecule has 0 amide bonds. The first-order valence-electron chi connectivity index (χ1n) is 5.18. The Bertz CT molecular complexity index is 400. The Morgan fingerprint density at radius 2 is 2.25 bits per heavy atom. The number of aryl methyl sites for hydroxylation is 1. The van der Waals surface area contributed by atoms with E-state index in [2.05, 4.69) is 0 Å². The van der Waals surface area contributed by atoms with Crippen molar-refractivity contribution in [3.05, 3.63) is 34.3 Å². The van der Waals surface area contributed by atoms with Crippen LogP contribution in [0.5, 0.6) is 0 Å². The Hall–Kier alpha value is -0.120. The molecule has 1 aromatic rings. The summed E-state index contributed by atoms with van der Waals surface area (Å²) in [6.07, 6.45) is 0. The van der Waals surface area contributed by atoms with Gasteiger partial charge in [-0.3, -0.25) is 4.79 Å². The molecule has 0 spiro atoms. The smallest absolute Gasteiger partial charge is 0.176 e. The molecule has 1 nitrogen and oxygen atoms in total. The fourth-order valence-corrected chi connectivity index (χ4v) is 4.39. The fraction of sp³-hybridized carbons (Fsp3) is 0.417. The predicted octanol–water partition coefficient (Wildman–Crippen LogP) is 3.68. The third kappa shape index (κ3) is 2.76. The van der Waals surface area contributed by atoms with Crippen LogP contribution in [0.3, 0.4) is 0 Å². The molecular formula is C12H13ClOS2. The first kappa shape index (κ1) is 12.3. The molecule has 1 unspecified atom stereocenters. The number of hydrogen-bond acceptors (Lipinski definition) is 3. The van der Waals surface area contributed by atoms with Gasteiger partial charge in [-0.1, -0.05) is 23.7 Å². The molecule has 2 rings (SSSR count). The first-order valence-corrected chi connectivity index (χ1v) is 7.76. The van der Waals surface area contributed by atoms with E-state index in [1.54, 1.807) is 17.8 Å². The van der Waals surface area contributed by atoms with Crippen LogP contribution in [-0.2, 0) is 0 Å². The number of carbonyl (C=O) groups excluding carboxylic acids is 1. The van der Waals surface area contributed by atoms with Gasteiger partial charge in [-0.25, -0.2) is 0 Å². The maximum Gasteiger partial charge on any atom is 0.176 e. The molecule has 0 aromatic heterocycles. The number of Topliss-reactive ketones (excluding diaryl/α,β-unsaturated/α-hetero) is 1. The molecular weight excluding hydrogens is 260 g/mol. The zero-order chi connectivity index (χ0) is 11.5. The summed E-state index contributed by atoms with van der Waals surface area (Å²) in [5.41, 5.74) is 1.76. The van der Waals surface area contributed by atoms with E-state index in [9.17, 15) is 4.79 Å². The van der Waals surface area contributed by atoms with Gasteiger partial charge in [0.25, 0.3) is 0 Å². The first-order chi connectivity index (χ1) is 7.68. The molecule has 0 saturated carbocycles. The lowest BCUT2D eigenvalue weighted by Crippen LogP contribution is -2.24. The Labute approximate surface area is 109 Å². The molecule has 1 aromatic carbocycles. The van der Waals surface area contributed by atoms with Crippen molar-refractivity contribution in [2.24, 2.45) is 0 Å². The van der Waals surface area contributed by atoms with Crippen molar-refractivity contribution in [1.29, 1.82) is 0 Å². The zero-order valence-electron chi connectivity index (χ0n) is 9.03. The molecule has 1 aliphatic rings. The Morgan fingerprint density at radius 1 is 1.44 bits per heavy atom. The van der Waals surface area contributed by atoms with E-state index in [0.717, 1.165) is 28.4 Å². The van der Waals surface area contributed by atoms with Crippen molar-refractivity contribution in [3.8, 4) is 0 Å². The average molecular weight is 273 g/mol. The van der Waals surface area contributed by atoms with Crippen LogP contribution < -0.4 is 0 Å². The van der Waals surface area contributed by atoms with Crippen molar-refractivity contribution in [3.63, 3.8) is 0 Å². The number of thioether (sulfide) groups is 2. The van der Waals surface area contributed by atoms with Gasteiger partial charge in [-0.15, -0.1) is 11.8 Å². The van der Waals surface area contributed by atoms with Gasteiger partial charge in [0.15, 0.2) is 5.78 Å². The standard InChI is InChI=1S/C12H13ClOS2/c1-8-2-3-9(6-10(8)13)12(14)11-7-15-4-5-16-11/h2-3,6,11H,4-5,7H2,1H3. The molecule has 86 valence electrons. The van der Waals surface area contributed by atoms with Crippen LogP contribution in [0.4, 0.5) is 0 Å². The molecule has 0 aliphatic carbocycles. The van der Waals surface area contributed by atoms with Crippen molar-refractivity contribution < 1.29 is 4.79 Å². The summed E-state index contributed by atoms with van der Waals surface area (Å²) in [4.78, 5) is 12.2. The van der Waals surface area contributed by atoms with Gasteiger partial charge in [0.1, 0.15) is 0 Å². The molecule has 1 fully saturated rings. The predicted molar refractivity (Wildman–Crippen MR) is 74.1 cm³/mol. The summed E-state index contributed by atoms with van der Waals surface area (Å²) in [7, 11) is 0. The molecule has 0 radical (unpaired) electrons. The normalized spacial score (nSPS) is 20.8. The second kappa shape index (κ2) is 5.48. The van der Waals surface area contributed by atoms with Crippen molar-refractivity contribution in [2.75, 3.05) is 17.3 Å². The van der Waals surface area contributed by atoms with Crippen LogP contribution in [0.15, 0.2) is 18.2 Å². The number of benzene rings is 1. The van der Waals surface area contributed by atoms with E-state index in [-0.39, 0.29) is 11.0 Å². The zero-order valence-corrected chi connectivity index (χ0v) is 11.4. The van der Waals surface area contributed by atoms with Crippen molar-refractivity contribution in [2.45, 2.75) is 12.2 Å². The Balaban J connectivity index is 2.16. The van der Waals surface area contributed by atoms with Gasteiger partial charge in [0.2, 0.25) is 0 Å². The van der Waals surface area contributed by atoms with Crippen LogP contribution in [0.25, 0.3) is 0 Å². The number of ketones is 1. The number of hydrogen-bond donors (Lipinski definition) is 0. The number of rotatable bonds is 2. The maximum absolute atomic E-state index is 12.2. The summed E-state index contributed by atoms with van der Waals surface area (Å²) >= 11 is 9.65. The lowest BCUT2D eigenvalue weighted by Gasteiger charge is -2.19. The topological polar surface area (TPSA) is 17.1 Å². The second-order valence-electron chi connectivity index (χ2n) is 3.76. The van der Waals surface area contributed by atoms with Gasteiger partial charge < -0.3 is 0 Å². The molecule has 0 N–H and O–H groups in total. The van der Waals surface area contributed by atoms with Crippen LogP contribution >= 0.6 is 35.1 Å². The number of carbonyl (C=O) groups is 1. The Morgan fingerprint density at radius 3 is 2.88 bits per heavy atom. The van der Waals surface area contributed by atoms with Gasteiger partial charge in [-0.05, 0) is 18.6 Å². The molecule has 1 heterocycles. The van der Waals surface area contributed by atoms with E-state index in [4.69, 9.17) is 11.6 Å². The van der Waals surface area contributed by atoms with Crippen molar-refractivity contribution in [1.82, 2.24) is 0 Å². The lowest BCUT2D eigenvalue weighted by molar-refractivity contribution is 0.0995. The van der Waals surface area contributed by atoms with Gasteiger partial charge in [0, 0.05) is 27.8 Å². The van der Waals surface area contributed by atoms with Crippen LogP contribution in [0.1, 0.15) is 15.9 Å². The molecule has 1 aliphatic heterocycles. The van der Waals surface area contributed by atoms with E-state index in [0.29, 0.717) is 5.02 Å². The fourth-order valence-electron chi connectivity index (χ4n) is 1.57. The lowest BCUT2D eigenvalue weighted by atomic mass is 10.1. The third-order valence-corrected chi connectivity index (χ3v) is 5.73.